The average molecular weight is 429 g/mol. The molecular formula is C19H19N5O5S. The molecule has 1 aliphatic rings. The Labute approximate surface area is 171 Å². The summed E-state index contributed by atoms with van der Waals surface area (Å²) in [6, 6.07) is 6.20. The Kier molecular flexibility index (Phi) is 4.69. The number of hydrogen-bond donors (Lipinski definition) is 3. The minimum absolute atomic E-state index is 0.0114. The molecule has 0 spiro atoms. The Balaban J connectivity index is 1.67. The highest BCUT2D eigenvalue weighted by molar-refractivity contribution is 7.92. The number of fused-ring (bicyclic) bond motifs is 1. The molecule has 0 atom stereocenters. The molecule has 2 aromatic heterocycles. The van der Waals surface area contributed by atoms with Gasteiger partial charge in [0.2, 0.25) is 10.0 Å². The molecule has 0 radical (unpaired) electrons. The molecular weight excluding hydrogens is 410 g/mol. The van der Waals surface area contributed by atoms with Crippen molar-refractivity contribution in [1.29, 1.82) is 0 Å². The van der Waals surface area contributed by atoms with E-state index in [1.165, 1.54) is 22.9 Å². The van der Waals surface area contributed by atoms with Crippen LogP contribution in [-0.4, -0.2) is 35.1 Å². The van der Waals surface area contributed by atoms with Gasteiger partial charge in [-0.2, -0.15) is 0 Å². The molecule has 1 saturated carbocycles. The fourth-order valence-corrected chi connectivity index (χ4v) is 3.77. The Morgan fingerprint density at radius 1 is 1.23 bits per heavy atom. The SMILES string of the molecule is Cc1ccc(NC(=O)c2cnc3c(c2)c(=O)[nH]c(=O)n3C2CC2)cc1NS(C)(=O)=O. The van der Waals surface area contributed by atoms with Crippen LogP contribution in [0.4, 0.5) is 11.4 Å². The molecule has 0 bridgehead atoms. The van der Waals surface area contributed by atoms with Crippen LogP contribution in [0.2, 0.25) is 0 Å². The van der Waals surface area contributed by atoms with Crippen molar-refractivity contribution in [3.63, 3.8) is 0 Å². The van der Waals surface area contributed by atoms with Crippen LogP contribution in [0.1, 0.15) is 34.8 Å². The van der Waals surface area contributed by atoms with Crippen LogP contribution in [0.3, 0.4) is 0 Å². The van der Waals surface area contributed by atoms with Crippen LogP contribution in [-0.2, 0) is 10.0 Å². The molecule has 3 N–H and O–H groups in total. The topological polar surface area (TPSA) is 143 Å². The molecule has 1 aliphatic carbocycles. The highest BCUT2D eigenvalue weighted by atomic mass is 32.2. The lowest BCUT2D eigenvalue weighted by molar-refractivity contribution is 0.102. The normalized spacial score (nSPS) is 13.9. The molecule has 3 aromatic rings. The van der Waals surface area contributed by atoms with Gasteiger partial charge in [0, 0.05) is 17.9 Å². The van der Waals surface area contributed by atoms with Crippen molar-refractivity contribution in [3.8, 4) is 0 Å². The van der Waals surface area contributed by atoms with Crippen LogP contribution < -0.4 is 21.3 Å². The number of aryl methyl sites for hydroxylation is 1. The van der Waals surface area contributed by atoms with E-state index in [2.05, 4.69) is 20.0 Å². The Morgan fingerprint density at radius 2 is 1.97 bits per heavy atom. The van der Waals surface area contributed by atoms with Crippen LogP contribution in [0, 0.1) is 6.92 Å². The van der Waals surface area contributed by atoms with Crippen molar-refractivity contribution in [2.24, 2.45) is 0 Å². The number of nitrogens with one attached hydrogen (secondary N) is 3. The number of hydrogen-bond acceptors (Lipinski definition) is 6. The number of amides is 1. The third kappa shape index (κ3) is 3.96. The van der Waals surface area contributed by atoms with Gasteiger partial charge < -0.3 is 5.32 Å². The van der Waals surface area contributed by atoms with E-state index >= 15 is 0 Å². The molecule has 0 aliphatic heterocycles. The summed E-state index contributed by atoms with van der Waals surface area (Å²) in [6.07, 6.45) is 4.01. The predicted molar refractivity (Wildman–Crippen MR) is 112 cm³/mol. The Morgan fingerprint density at radius 3 is 2.63 bits per heavy atom. The summed E-state index contributed by atoms with van der Waals surface area (Å²) in [6.45, 7) is 1.73. The standard InChI is InChI=1S/C19H19N5O5S/c1-10-3-4-12(8-15(10)23-30(2,28)29)21-17(25)11-7-14-16(20-9-11)24(13-5-6-13)19(27)22-18(14)26/h3-4,7-9,13,23H,5-6H2,1-2H3,(H,21,25)(H,22,26,27). The first-order valence-corrected chi connectivity index (χ1v) is 11.1. The van der Waals surface area contributed by atoms with Gasteiger partial charge >= 0.3 is 5.69 Å². The molecule has 4 rings (SSSR count). The molecule has 1 fully saturated rings. The molecule has 30 heavy (non-hydrogen) atoms. The van der Waals surface area contributed by atoms with E-state index in [4.69, 9.17) is 0 Å². The second-order valence-corrected chi connectivity index (χ2v) is 9.06. The van der Waals surface area contributed by atoms with Crippen molar-refractivity contribution < 1.29 is 13.2 Å². The van der Waals surface area contributed by atoms with Gasteiger partial charge in [0.25, 0.3) is 11.5 Å². The van der Waals surface area contributed by atoms with Gasteiger partial charge in [-0.05, 0) is 43.5 Å². The van der Waals surface area contributed by atoms with E-state index < -0.39 is 27.2 Å². The quantitative estimate of drug-likeness (QED) is 0.559. The minimum atomic E-state index is -3.47. The van der Waals surface area contributed by atoms with Crippen LogP contribution in [0.5, 0.6) is 0 Å². The second kappa shape index (κ2) is 7.10. The van der Waals surface area contributed by atoms with Crippen LogP contribution >= 0.6 is 0 Å². The number of anilines is 2. The first-order valence-electron chi connectivity index (χ1n) is 9.17. The summed E-state index contributed by atoms with van der Waals surface area (Å²) in [5, 5.41) is 2.81. The highest BCUT2D eigenvalue weighted by Gasteiger charge is 2.27. The van der Waals surface area contributed by atoms with Gasteiger partial charge in [-0.15, -0.1) is 0 Å². The number of benzene rings is 1. The summed E-state index contributed by atoms with van der Waals surface area (Å²) < 4.78 is 26.8. The monoisotopic (exact) mass is 429 g/mol. The van der Waals surface area contributed by atoms with E-state index in [9.17, 15) is 22.8 Å². The first-order chi connectivity index (χ1) is 14.1. The third-order valence-electron chi connectivity index (χ3n) is 4.74. The van der Waals surface area contributed by atoms with E-state index in [-0.39, 0.29) is 22.6 Å². The van der Waals surface area contributed by atoms with Crippen LogP contribution in [0.15, 0.2) is 40.1 Å². The van der Waals surface area contributed by atoms with Gasteiger partial charge in [-0.1, -0.05) is 6.07 Å². The molecule has 2 heterocycles. The fourth-order valence-electron chi connectivity index (χ4n) is 3.15. The molecule has 1 amide bonds. The smallest absolute Gasteiger partial charge is 0.322 e. The van der Waals surface area contributed by atoms with Crippen molar-refractivity contribution in [1.82, 2.24) is 14.5 Å². The zero-order valence-electron chi connectivity index (χ0n) is 16.2. The maximum atomic E-state index is 12.7. The van der Waals surface area contributed by atoms with E-state index in [0.717, 1.165) is 19.1 Å². The van der Waals surface area contributed by atoms with Gasteiger partial charge in [0.15, 0.2) is 0 Å². The van der Waals surface area contributed by atoms with Crippen LogP contribution in [0.25, 0.3) is 11.0 Å². The molecule has 0 unspecified atom stereocenters. The average Bonchev–Trinajstić information content (AvgIpc) is 3.48. The zero-order chi connectivity index (χ0) is 21.6. The largest absolute Gasteiger partial charge is 0.330 e. The number of nitrogens with zero attached hydrogens (tertiary/aromatic N) is 2. The summed E-state index contributed by atoms with van der Waals surface area (Å²) in [5.41, 5.74) is 0.667. The predicted octanol–water partition coefficient (Wildman–Crippen LogP) is 1.35. The lowest BCUT2D eigenvalue weighted by Gasteiger charge is -2.12. The maximum absolute atomic E-state index is 12.7. The molecule has 0 saturated heterocycles. The maximum Gasteiger partial charge on any atom is 0.330 e. The number of carbonyl (C=O) groups is 1. The first kappa shape index (κ1) is 19.8. The zero-order valence-corrected chi connectivity index (χ0v) is 17.0. The number of pyridine rings is 1. The molecule has 11 heteroatoms. The highest BCUT2D eigenvalue weighted by Crippen LogP contribution is 2.34. The number of rotatable bonds is 5. The number of aromatic amines is 1. The Bertz CT molecular complexity index is 1400. The van der Waals surface area contributed by atoms with Crippen molar-refractivity contribution in [2.45, 2.75) is 25.8 Å². The lowest BCUT2D eigenvalue weighted by Crippen LogP contribution is -2.30. The van der Waals surface area contributed by atoms with Gasteiger partial charge in [-0.3, -0.25) is 23.9 Å². The van der Waals surface area contributed by atoms with E-state index in [1.54, 1.807) is 19.1 Å². The van der Waals surface area contributed by atoms with Crippen molar-refractivity contribution in [2.75, 3.05) is 16.3 Å². The van der Waals surface area contributed by atoms with Gasteiger partial charge in [0.1, 0.15) is 5.65 Å². The number of H-pyrrole nitrogens is 1. The fraction of sp³-hybridized carbons (Fsp3) is 0.263. The van der Waals surface area contributed by atoms with Gasteiger partial charge in [0.05, 0.1) is 22.9 Å². The molecule has 10 nitrogen and oxygen atoms in total. The van der Waals surface area contributed by atoms with E-state index in [0.29, 0.717) is 16.9 Å². The number of carbonyl (C=O) groups excluding carboxylic acids is 1. The summed E-state index contributed by atoms with van der Waals surface area (Å²) in [7, 11) is -3.47. The van der Waals surface area contributed by atoms with Crippen molar-refractivity contribution in [3.05, 3.63) is 62.4 Å². The third-order valence-corrected chi connectivity index (χ3v) is 5.33. The van der Waals surface area contributed by atoms with Crippen molar-refractivity contribution >= 4 is 38.3 Å². The number of aromatic nitrogens is 3. The lowest BCUT2D eigenvalue weighted by atomic mass is 10.1. The number of sulfonamides is 1. The van der Waals surface area contributed by atoms with Gasteiger partial charge in [-0.25, -0.2) is 18.2 Å². The van der Waals surface area contributed by atoms with E-state index in [1.807, 2.05) is 0 Å². The molecule has 1 aromatic carbocycles. The summed E-state index contributed by atoms with van der Waals surface area (Å²) in [5.74, 6) is -0.526. The minimum Gasteiger partial charge on any atom is -0.322 e. The summed E-state index contributed by atoms with van der Waals surface area (Å²) >= 11 is 0. The second-order valence-electron chi connectivity index (χ2n) is 7.31. The Hall–Kier alpha value is -3.47. The molecule has 156 valence electrons. The summed E-state index contributed by atoms with van der Waals surface area (Å²) in [4.78, 5) is 43.5.